The largest absolute Gasteiger partial charge is 0.322 e. The third-order valence-corrected chi connectivity index (χ3v) is 6.28. The van der Waals surface area contributed by atoms with E-state index in [9.17, 15) is 4.79 Å². The summed E-state index contributed by atoms with van der Waals surface area (Å²) in [6.45, 7) is 5.88. The number of hydrogen-bond acceptors (Lipinski definition) is 3. The molecule has 1 saturated carbocycles. The van der Waals surface area contributed by atoms with Crippen molar-refractivity contribution < 1.29 is 4.79 Å². The smallest absolute Gasteiger partial charge is 0.256 e. The van der Waals surface area contributed by atoms with E-state index in [1.165, 1.54) is 5.56 Å². The Morgan fingerprint density at radius 1 is 1.10 bits per heavy atom. The number of nitrogens with one attached hydrogen (secondary N) is 1. The minimum Gasteiger partial charge on any atom is -0.322 e. The van der Waals surface area contributed by atoms with E-state index in [0.29, 0.717) is 22.2 Å². The molecule has 1 fully saturated rings. The third-order valence-electron chi connectivity index (χ3n) is 5.87. The van der Waals surface area contributed by atoms with Crippen LogP contribution in [0.25, 0.3) is 16.7 Å². The predicted molar refractivity (Wildman–Crippen MR) is 124 cm³/mol. The fourth-order valence-corrected chi connectivity index (χ4v) is 4.05. The fourth-order valence-electron chi connectivity index (χ4n) is 3.87. The monoisotopic (exact) mass is 430 g/mol. The van der Waals surface area contributed by atoms with Gasteiger partial charge in [-0.3, -0.25) is 4.79 Å². The molecule has 0 bridgehead atoms. The number of aromatic nitrogens is 3. The summed E-state index contributed by atoms with van der Waals surface area (Å²) in [7, 11) is 0. The number of carbonyl (C=O) groups excluding carboxylic acids is 1. The lowest BCUT2D eigenvalue weighted by atomic mass is 10.1. The maximum Gasteiger partial charge on any atom is 0.256 e. The van der Waals surface area contributed by atoms with Crippen LogP contribution in [0.5, 0.6) is 0 Å². The van der Waals surface area contributed by atoms with Crippen LogP contribution in [0.4, 0.5) is 5.69 Å². The molecule has 5 nitrogen and oxygen atoms in total. The highest BCUT2D eigenvalue weighted by atomic mass is 35.5. The Morgan fingerprint density at radius 3 is 2.55 bits per heavy atom. The number of benzene rings is 2. The number of aryl methyl sites for hydroxylation is 2. The first-order chi connectivity index (χ1) is 14.9. The molecule has 5 rings (SSSR count). The second-order valence-corrected chi connectivity index (χ2v) is 8.67. The van der Waals surface area contributed by atoms with Crippen LogP contribution < -0.4 is 5.32 Å². The number of halogens is 1. The van der Waals surface area contributed by atoms with Crippen LogP contribution in [0.1, 0.15) is 51.6 Å². The number of fused-ring (bicyclic) bond motifs is 1. The molecule has 156 valence electrons. The number of rotatable bonds is 4. The lowest BCUT2D eigenvalue weighted by Crippen LogP contribution is -2.14. The molecule has 1 amide bonds. The van der Waals surface area contributed by atoms with Crippen molar-refractivity contribution in [3.63, 3.8) is 0 Å². The highest BCUT2D eigenvalue weighted by Crippen LogP contribution is 2.41. The van der Waals surface area contributed by atoms with Gasteiger partial charge in [-0.25, -0.2) is 9.67 Å². The van der Waals surface area contributed by atoms with E-state index in [2.05, 4.69) is 24.4 Å². The van der Waals surface area contributed by atoms with E-state index in [1.54, 1.807) is 0 Å². The van der Waals surface area contributed by atoms with E-state index in [0.717, 1.165) is 46.5 Å². The number of pyridine rings is 1. The molecular formula is C25H23ClN4O. The molecule has 0 aliphatic heterocycles. The molecule has 31 heavy (non-hydrogen) atoms. The highest BCUT2D eigenvalue weighted by molar-refractivity contribution is 6.31. The van der Waals surface area contributed by atoms with Crippen molar-refractivity contribution in [2.75, 3.05) is 5.32 Å². The molecule has 4 aromatic rings. The molecule has 0 spiro atoms. The van der Waals surface area contributed by atoms with Crippen LogP contribution >= 0.6 is 11.6 Å². The van der Waals surface area contributed by atoms with Crippen molar-refractivity contribution in [1.29, 1.82) is 0 Å². The minimum absolute atomic E-state index is 0.175. The number of hydrogen-bond donors (Lipinski definition) is 1. The normalized spacial score (nSPS) is 13.5. The molecule has 0 radical (unpaired) electrons. The molecule has 6 heteroatoms. The maximum atomic E-state index is 13.4. The Bertz CT molecular complexity index is 1320. The Kier molecular flexibility index (Phi) is 4.78. The predicted octanol–water partition coefficient (Wildman–Crippen LogP) is 6.13. The van der Waals surface area contributed by atoms with Gasteiger partial charge in [0.25, 0.3) is 5.91 Å². The lowest BCUT2D eigenvalue weighted by molar-refractivity contribution is 0.102. The van der Waals surface area contributed by atoms with Crippen molar-refractivity contribution >= 4 is 34.2 Å². The topological polar surface area (TPSA) is 59.8 Å². The molecule has 2 heterocycles. The zero-order valence-electron chi connectivity index (χ0n) is 17.7. The summed E-state index contributed by atoms with van der Waals surface area (Å²) in [5, 5.41) is 9.19. The zero-order chi connectivity index (χ0) is 21.7. The average molecular weight is 431 g/mol. The van der Waals surface area contributed by atoms with Gasteiger partial charge in [-0.05, 0) is 69.5 Å². The van der Waals surface area contributed by atoms with Gasteiger partial charge in [0.1, 0.15) is 0 Å². The first-order valence-corrected chi connectivity index (χ1v) is 10.8. The molecule has 0 atom stereocenters. The Labute approximate surface area is 186 Å². The molecule has 2 aromatic heterocycles. The zero-order valence-corrected chi connectivity index (χ0v) is 18.5. The summed E-state index contributed by atoms with van der Waals surface area (Å²) in [6, 6.07) is 15.6. The number of anilines is 1. The molecule has 1 aliphatic rings. The van der Waals surface area contributed by atoms with Crippen LogP contribution in [0, 0.1) is 20.8 Å². The Balaban J connectivity index is 1.66. The molecule has 1 N–H and O–H groups in total. The van der Waals surface area contributed by atoms with E-state index < -0.39 is 0 Å². The van der Waals surface area contributed by atoms with Gasteiger partial charge in [0.05, 0.1) is 22.3 Å². The van der Waals surface area contributed by atoms with Gasteiger partial charge in [-0.2, -0.15) is 5.10 Å². The second-order valence-electron chi connectivity index (χ2n) is 8.27. The summed E-state index contributed by atoms with van der Waals surface area (Å²) in [6.07, 6.45) is 2.20. The minimum atomic E-state index is -0.175. The van der Waals surface area contributed by atoms with Gasteiger partial charge in [0, 0.05) is 22.3 Å². The van der Waals surface area contributed by atoms with Crippen LogP contribution in [-0.2, 0) is 0 Å². The Hall–Kier alpha value is -3.18. The molecule has 0 saturated heterocycles. The average Bonchev–Trinajstić information content (AvgIpc) is 3.55. The number of amides is 1. The Morgan fingerprint density at radius 2 is 1.84 bits per heavy atom. The van der Waals surface area contributed by atoms with E-state index in [-0.39, 0.29) is 5.91 Å². The van der Waals surface area contributed by atoms with Crippen LogP contribution in [-0.4, -0.2) is 20.7 Å². The third kappa shape index (κ3) is 3.59. The van der Waals surface area contributed by atoms with E-state index >= 15 is 0 Å². The SMILES string of the molecule is Cc1ccc(-n2nc(C)c3c(C(=O)Nc4cccc(Cl)c4C)cc(C4CC4)nc32)cc1. The molecule has 2 aromatic carbocycles. The summed E-state index contributed by atoms with van der Waals surface area (Å²) < 4.78 is 1.84. The molecule has 0 unspecified atom stereocenters. The summed E-state index contributed by atoms with van der Waals surface area (Å²) in [5.74, 6) is 0.233. The summed E-state index contributed by atoms with van der Waals surface area (Å²) >= 11 is 6.25. The molecular weight excluding hydrogens is 408 g/mol. The fraction of sp³-hybridized carbons (Fsp3) is 0.240. The van der Waals surface area contributed by atoms with Crippen LogP contribution in [0.2, 0.25) is 5.02 Å². The van der Waals surface area contributed by atoms with Crippen molar-refractivity contribution in [1.82, 2.24) is 14.8 Å². The summed E-state index contributed by atoms with van der Waals surface area (Å²) in [4.78, 5) is 18.3. The maximum absolute atomic E-state index is 13.4. The van der Waals surface area contributed by atoms with Gasteiger partial charge in [-0.15, -0.1) is 0 Å². The van der Waals surface area contributed by atoms with Gasteiger partial charge in [0.2, 0.25) is 0 Å². The number of nitrogens with zero attached hydrogens (tertiary/aromatic N) is 3. The summed E-state index contributed by atoms with van der Waals surface area (Å²) in [5.41, 5.74) is 6.71. The van der Waals surface area contributed by atoms with Crippen molar-refractivity contribution in [2.45, 2.75) is 39.5 Å². The standard InChI is InChI=1S/C25H23ClN4O/c1-14-7-11-18(12-8-14)30-24-23(16(3)29-30)19(13-22(27-24)17-9-10-17)25(31)28-21-6-4-5-20(26)15(21)2/h4-8,11-13,17H,9-10H2,1-3H3,(H,28,31). The highest BCUT2D eigenvalue weighted by Gasteiger charge is 2.29. The number of carbonyl (C=O) groups is 1. The van der Waals surface area contributed by atoms with Crippen LogP contribution in [0.15, 0.2) is 48.5 Å². The van der Waals surface area contributed by atoms with Crippen molar-refractivity contribution in [2.24, 2.45) is 0 Å². The van der Waals surface area contributed by atoms with E-state index in [4.69, 9.17) is 21.7 Å². The van der Waals surface area contributed by atoms with E-state index in [1.807, 2.05) is 54.9 Å². The van der Waals surface area contributed by atoms with Crippen LogP contribution in [0.3, 0.4) is 0 Å². The van der Waals surface area contributed by atoms with Gasteiger partial charge in [-0.1, -0.05) is 35.4 Å². The van der Waals surface area contributed by atoms with Gasteiger partial charge < -0.3 is 5.32 Å². The first-order valence-electron chi connectivity index (χ1n) is 10.5. The van der Waals surface area contributed by atoms with Gasteiger partial charge in [0.15, 0.2) is 5.65 Å². The molecule has 1 aliphatic carbocycles. The second kappa shape index (κ2) is 7.50. The van der Waals surface area contributed by atoms with Crippen molar-refractivity contribution in [3.05, 3.63) is 81.6 Å². The lowest BCUT2D eigenvalue weighted by Gasteiger charge is -2.12. The van der Waals surface area contributed by atoms with Crippen molar-refractivity contribution in [3.8, 4) is 5.69 Å². The quantitative estimate of drug-likeness (QED) is 0.423. The first kappa shape index (κ1) is 19.8. The van der Waals surface area contributed by atoms with Gasteiger partial charge >= 0.3 is 0 Å².